The molecule has 0 aliphatic heterocycles. The van der Waals surface area contributed by atoms with Gasteiger partial charge in [-0.2, -0.15) is 0 Å². The summed E-state index contributed by atoms with van der Waals surface area (Å²) < 4.78 is 4.76. The third-order valence-electron chi connectivity index (χ3n) is 4.04. The molecule has 1 aromatic carbocycles. The summed E-state index contributed by atoms with van der Waals surface area (Å²) in [6.45, 7) is 3.31. The molecule has 0 amide bonds. The summed E-state index contributed by atoms with van der Waals surface area (Å²) in [7, 11) is 0. The predicted molar refractivity (Wildman–Crippen MR) is 71.2 cm³/mol. The van der Waals surface area contributed by atoms with Crippen molar-refractivity contribution in [2.24, 2.45) is 11.8 Å². The number of nitrogen functional groups attached to an aromatic ring is 1. The quantitative estimate of drug-likeness (QED) is 0.814. The van der Waals surface area contributed by atoms with Gasteiger partial charge in [-0.15, -0.1) is 0 Å². The Morgan fingerprint density at radius 3 is 2.94 bits per heavy atom. The van der Waals surface area contributed by atoms with E-state index in [0.29, 0.717) is 11.2 Å². The zero-order valence-electron chi connectivity index (χ0n) is 10.5. The fourth-order valence-electron chi connectivity index (χ4n) is 2.79. The first-order chi connectivity index (χ1) is 8.75. The van der Waals surface area contributed by atoms with E-state index in [0.717, 1.165) is 29.6 Å². The van der Waals surface area contributed by atoms with Gasteiger partial charge in [0.15, 0.2) is 11.0 Å². The molecule has 1 aliphatic rings. The van der Waals surface area contributed by atoms with Crippen molar-refractivity contribution in [3.05, 3.63) is 12.1 Å². The van der Waals surface area contributed by atoms with Gasteiger partial charge >= 0.3 is 0 Å². The smallest absolute Gasteiger partial charge is 0.160 e. The third kappa shape index (κ3) is 1.89. The molecule has 1 fully saturated rings. The Hall–Kier alpha value is -1.78. The molecule has 2 atom stereocenters. The number of hydrogen-bond donors (Lipinski definition) is 2. The van der Waals surface area contributed by atoms with E-state index in [1.54, 1.807) is 0 Å². The van der Waals surface area contributed by atoms with Gasteiger partial charge in [0.1, 0.15) is 0 Å². The van der Waals surface area contributed by atoms with Crippen LogP contribution in [0, 0.1) is 11.8 Å². The van der Waals surface area contributed by atoms with Gasteiger partial charge in [0.05, 0.1) is 11.4 Å². The van der Waals surface area contributed by atoms with Crippen molar-refractivity contribution >= 4 is 22.4 Å². The van der Waals surface area contributed by atoms with Gasteiger partial charge in [0.25, 0.3) is 0 Å². The van der Waals surface area contributed by atoms with Gasteiger partial charge in [-0.1, -0.05) is 19.8 Å². The van der Waals surface area contributed by atoms with E-state index in [9.17, 15) is 0 Å². The SMILES string of the molecule is CC1CCCC1CNc1ccc(N)c2nonc12. The number of nitrogens with zero attached hydrogens (tertiary/aromatic N) is 2. The molecule has 5 heteroatoms. The van der Waals surface area contributed by atoms with Crippen LogP contribution in [0.3, 0.4) is 0 Å². The molecule has 5 nitrogen and oxygen atoms in total. The zero-order valence-corrected chi connectivity index (χ0v) is 10.5. The molecule has 0 radical (unpaired) electrons. The number of nitrogens with two attached hydrogens (primary N) is 1. The molecule has 2 aromatic rings. The number of benzene rings is 1. The van der Waals surface area contributed by atoms with Crippen LogP contribution in [0.15, 0.2) is 16.8 Å². The largest absolute Gasteiger partial charge is 0.397 e. The van der Waals surface area contributed by atoms with Crippen molar-refractivity contribution in [1.29, 1.82) is 0 Å². The first-order valence-electron chi connectivity index (χ1n) is 6.50. The van der Waals surface area contributed by atoms with Crippen molar-refractivity contribution in [1.82, 2.24) is 10.3 Å². The molecule has 1 heterocycles. The highest BCUT2D eigenvalue weighted by Crippen LogP contribution is 2.32. The summed E-state index contributed by atoms with van der Waals surface area (Å²) in [4.78, 5) is 0. The maximum atomic E-state index is 5.82. The summed E-state index contributed by atoms with van der Waals surface area (Å²) in [6, 6.07) is 3.79. The standard InChI is InChI=1S/C13H18N4O/c1-8-3-2-4-9(8)7-15-11-6-5-10(14)12-13(11)17-18-16-12/h5-6,8-9,15H,2-4,7,14H2,1H3. The lowest BCUT2D eigenvalue weighted by Gasteiger charge is -2.16. The lowest BCUT2D eigenvalue weighted by Crippen LogP contribution is -2.16. The van der Waals surface area contributed by atoms with E-state index in [1.165, 1.54) is 19.3 Å². The Kier molecular flexibility index (Phi) is 2.81. The molecular formula is C13H18N4O. The summed E-state index contributed by atoms with van der Waals surface area (Å²) in [6.07, 6.45) is 3.99. The average Bonchev–Trinajstić information content (AvgIpc) is 2.98. The second kappa shape index (κ2) is 4.48. The van der Waals surface area contributed by atoms with Crippen LogP contribution in [-0.2, 0) is 0 Å². The molecule has 3 N–H and O–H groups in total. The van der Waals surface area contributed by atoms with Crippen molar-refractivity contribution in [2.75, 3.05) is 17.6 Å². The van der Waals surface area contributed by atoms with Crippen molar-refractivity contribution in [3.63, 3.8) is 0 Å². The van der Waals surface area contributed by atoms with Crippen LogP contribution >= 0.6 is 0 Å². The number of nitrogens with one attached hydrogen (secondary N) is 1. The van der Waals surface area contributed by atoms with Crippen molar-refractivity contribution < 1.29 is 4.63 Å². The molecule has 3 rings (SSSR count). The minimum atomic E-state index is 0.603. The number of aromatic nitrogens is 2. The maximum absolute atomic E-state index is 5.82. The van der Waals surface area contributed by atoms with Gasteiger partial charge in [-0.3, -0.25) is 0 Å². The molecule has 1 saturated carbocycles. The van der Waals surface area contributed by atoms with Crippen LogP contribution in [-0.4, -0.2) is 16.9 Å². The number of rotatable bonds is 3. The number of anilines is 2. The molecule has 0 saturated heterocycles. The third-order valence-corrected chi connectivity index (χ3v) is 4.04. The van der Waals surface area contributed by atoms with Crippen LogP contribution in [0.1, 0.15) is 26.2 Å². The van der Waals surface area contributed by atoms with Gasteiger partial charge < -0.3 is 11.1 Å². The first-order valence-corrected chi connectivity index (χ1v) is 6.50. The Balaban J connectivity index is 1.78. The first kappa shape index (κ1) is 11.3. The highest BCUT2D eigenvalue weighted by atomic mass is 16.6. The normalized spacial score (nSPS) is 23.6. The topological polar surface area (TPSA) is 77.0 Å². The van der Waals surface area contributed by atoms with Crippen LogP contribution < -0.4 is 11.1 Å². The second-order valence-corrected chi connectivity index (χ2v) is 5.21. The van der Waals surface area contributed by atoms with E-state index in [4.69, 9.17) is 10.4 Å². The molecule has 96 valence electrons. The van der Waals surface area contributed by atoms with E-state index < -0.39 is 0 Å². The van der Waals surface area contributed by atoms with E-state index >= 15 is 0 Å². The van der Waals surface area contributed by atoms with E-state index in [2.05, 4.69) is 22.6 Å². The molecule has 1 aliphatic carbocycles. The summed E-state index contributed by atoms with van der Waals surface area (Å²) in [5.41, 5.74) is 8.74. The lowest BCUT2D eigenvalue weighted by atomic mass is 9.98. The molecule has 0 spiro atoms. The summed E-state index contributed by atoms with van der Waals surface area (Å²) >= 11 is 0. The number of fused-ring (bicyclic) bond motifs is 1. The maximum Gasteiger partial charge on any atom is 0.160 e. The molecule has 18 heavy (non-hydrogen) atoms. The number of hydrogen-bond acceptors (Lipinski definition) is 5. The van der Waals surface area contributed by atoms with E-state index in [1.807, 2.05) is 12.1 Å². The van der Waals surface area contributed by atoms with Crippen molar-refractivity contribution in [3.8, 4) is 0 Å². The van der Waals surface area contributed by atoms with Crippen LogP contribution in [0.5, 0.6) is 0 Å². The lowest BCUT2D eigenvalue weighted by molar-refractivity contribution is 0.315. The van der Waals surface area contributed by atoms with Gasteiger partial charge in [0, 0.05) is 6.54 Å². The molecule has 1 aromatic heterocycles. The Morgan fingerprint density at radius 1 is 1.33 bits per heavy atom. The highest BCUT2D eigenvalue weighted by molar-refractivity contribution is 5.94. The molecular weight excluding hydrogens is 228 g/mol. The van der Waals surface area contributed by atoms with Crippen molar-refractivity contribution in [2.45, 2.75) is 26.2 Å². The monoisotopic (exact) mass is 246 g/mol. The Bertz CT molecular complexity index is 551. The van der Waals surface area contributed by atoms with E-state index in [-0.39, 0.29) is 0 Å². The van der Waals surface area contributed by atoms with Crippen LogP contribution in [0.4, 0.5) is 11.4 Å². The fraction of sp³-hybridized carbons (Fsp3) is 0.538. The van der Waals surface area contributed by atoms with Crippen LogP contribution in [0.2, 0.25) is 0 Å². The van der Waals surface area contributed by atoms with Gasteiger partial charge in [-0.25, -0.2) is 4.63 Å². The fourth-order valence-corrected chi connectivity index (χ4v) is 2.79. The average molecular weight is 246 g/mol. The minimum absolute atomic E-state index is 0.603. The Labute approximate surface area is 106 Å². The predicted octanol–water partition coefficient (Wildman–Crippen LogP) is 2.65. The summed E-state index contributed by atoms with van der Waals surface area (Å²) in [5.74, 6) is 1.55. The second-order valence-electron chi connectivity index (χ2n) is 5.21. The Morgan fingerprint density at radius 2 is 2.17 bits per heavy atom. The molecule has 0 bridgehead atoms. The highest BCUT2D eigenvalue weighted by Gasteiger charge is 2.23. The molecule has 2 unspecified atom stereocenters. The minimum Gasteiger partial charge on any atom is -0.397 e. The van der Waals surface area contributed by atoms with Crippen LogP contribution in [0.25, 0.3) is 11.0 Å². The zero-order chi connectivity index (χ0) is 12.5. The summed E-state index contributed by atoms with van der Waals surface area (Å²) in [5, 5.41) is 11.2. The van der Waals surface area contributed by atoms with Gasteiger partial charge in [-0.05, 0) is 40.7 Å². The van der Waals surface area contributed by atoms with Gasteiger partial charge in [0.2, 0.25) is 0 Å².